The van der Waals surface area contributed by atoms with E-state index in [9.17, 15) is 29.4 Å². The molecule has 0 amide bonds. The number of rotatable bonds is 2. The first kappa shape index (κ1) is 15.6. The van der Waals surface area contributed by atoms with Gasteiger partial charge in [0, 0.05) is 0 Å². The van der Waals surface area contributed by atoms with Crippen LogP contribution in [0.5, 0.6) is 11.5 Å². The minimum Gasteiger partial charge on any atom is -0.504 e. The molecule has 3 rings (SSSR count). The Bertz CT molecular complexity index is 840. The molecular weight excluding hydrogens is 312 g/mol. The van der Waals surface area contributed by atoms with Crippen LogP contribution in [-0.2, 0) is 19.2 Å². The van der Waals surface area contributed by atoms with Crippen molar-refractivity contribution in [2.45, 2.75) is 11.8 Å². The van der Waals surface area contributed by atoms with Crippen molar-refractivity contribution < 1.29 is 29.4 Å². The summed E-state index contributed by atoms with van der Waals surface area (Å²) in [6.07, 6.45) is 0. The quantitative estimate of drug-likeness (QED) is 0.489. The molecule has 6 heteroatoms. The highest BCUT2D eigenvalue weighted by atomic mass is 16.3. The minimum absolute atomic E-state index is 0.00601. The van der Waals surface area contributed by atoms with Crippen LogP contribution in [0.4, 0.5) is 0 Å². The van der Waals surface area contributed by atoms with E-state index < -0.39 is 46.5 Å². The van der Waals surface area contributed by atoms with Crippen LogP contribution in [0.1, 0.15) is 23.0 Å². The van der Waals surface area contributed by atoms with Gasteiger partial charge in [0.2, 0.25) is 23.1 Å². The van der Waals surface area contributed by atoms with Crippen molar-refractivity contribution in [3.05, 3.63) is 59.7 Å². The largest absolute Gasteiger partial charge is 0.504 e. The van der Waals surface area contributed by atoms with Gasteiger partial charge in [-0.1, -0.05) is 36.4 Å². The van der Waals surface area contributed by atoms with Gasteiger partial charge < -0.3 is 10.2 Å². The molecule has 2 aromatic carbocycles. The Morgan fingerprint density at radius 1 is 0.583 bits per heavy atom. The van der Waals surface area contributed by atoms with E-state index in [0.717, 1.165) is 12.1 Å². The van der Waals surface area contributed by atoms with Crippen LogP contribution in [0.25, 0.3) is 0 Å². The molecule has 0 aromatic heterocycles. The summed E-state index contributed by atoms with van der Waals surface area (Å²) in [7, 11) is 0. The first-order valence-electron chi connectivity index (χ1n) is 7.14. The third-order valence-electron chi connectivity index (χ3n) is 4.00. The normalized spacial score (nSPS) is 21.2. The molecule has 1 fully saturated rings. The Balaban J connectivity index is 2.03. The van der Waals surface area contributed by atoms with E-state index in [1.807, 2.05) is 0 Å². The van der Waals surface area contributed by atoms with Crippen molar-refractivity contribution in [2.75, 3.05) is 0 Å². The first-order chi connectivity index (χ1) is 11.4. The number of carbonyl (C=O) groups is 4. The van der Waals surface area contributed by atoms with Crippen molar-refractivity contribution in [3.8, 4) is 11.5 Å². The van der Waals surface area contributed by atoms with Crippen LogP contribution in [0.3, 0.4) is 0 Å². The third-order valence-corrected chi connectivity index (χ3v) is 4.00. The maximum Gasteiger partial charge on any atom is 0.214 e. The smallest absolute Gasteiger partial charge is 0.214 e. The third kappa shape index (κ3) is 2.38. The van der Waals surface area contributed by atoms with Crippen molar-refractivity contribution in [3.63, 3.8) is 0 Å². The fourth-order valence-corrected chi connectivity index (χ4v) is 2.78. The number of hydrogen-bond acceptors (Lipinski definition) is 6. The Hall–Kier alpha value is -3.28. The lowest BCUT2D eigenvalue weighted by Crippen LogP contribution is -2.46. The Kier molecular flexibility index (Phi) is 3.73. The maximum atomic E-state index is 12.4. The molecule has 1 saturated carbocycles. The summed E-state index contributed by atoms with van der Waals surface area (Å²) in [5.74, 6) is -7.90. The zero-order valence-corrected chi connectivity index (χ0v) is 12.3. The monoisotopic (exact) mass is 324 g/mol. The first-order valence-corrected chi connectivity index (χ1v) is 7.14. The zero-order chi connectivity index (χ0) is 17.4. The molecule has 0 aliphatic heterocycles. The van der Waals surface area contributed by atoms with Gasteiger partial charge in [0.15, 0.2) is 11.5 Å². The van der Waals surface area contributed by atoms with Gasteiger partial charge >= 0.3 is 0 Å². The fraction of sp³-hybridized carbons (Fsp3) is 0.111. The summed E-state index contributed by atoms with van der Waals surface area (Å²) >= 11 is 0. The lowest BCUT2D eigenvalue weighted by atomic mass is 9.72. The van der Waals surface area contributed by atoms with E-state index in [4.69, 9.17) is 0 Å². The molecule has 0 unspecified atom stereocenters. The van der Waals surface area contributed by atoms with Gasteiger partial charge in [-0.3, -0.25) is 19.2 Å². The number of phenolic OH excluding ortho intramolecular Hbond substituents is 2. The second-order valence-corrected chi connectivity index (χ2v) is 5.48. The summed E-state index contributed by atoms with van der Waals surface area (Å²) < 4.78 is 0. The fourth-order valence-electron chi connectivity index (χ4n) is 2.78. The SMILES string of the molecule is O=C1C(=O)C(c2ccc(O)c(O)c2)C(=O)C(=O)C1c1ccccc1. The Labute approximate surface area is 136 Å². The number of aromatic hydroxyl groups is 2. The van der Waals surface area contributed by atoms with Crippen molar-refractivity contribution in [2.24, 2.45) is 0 Å². The molecule has 2 aromatic rings. The molecule has 120 valence electrons. The van der Waals surface area contributed by atoms with Crippen LogP contribution in [0.15, 0.2) is 48.5 Å². The van der Waals surface area contributed by atoms with Gasteiger partial charge in [-0.25, -0.2) is 0 Å². The van der Waals surface area contributed by atoms with E-state index in [2.05, 4.69) is 0 Å². The van der Waals surface area contributed by atoms with Crippen LogP contribution in [0.2, 0.25) is 0 Å². The molecule has 24 heavy (non-hydrogen) atoms. The maximum absolute atomic E-state index is 12.4. The highest BCUT2D eigenvalue weighted by molar-refractivity contribution is 6.63. The van der Waals surface area contributed by atoms with Crippen molar-refractivity contribution in [1.29, 1.82) is 0 Å². The summed E-state index contributed by atoms with van der Waals surface area (Å²) in [4.78, 5) is 49.6. The van der Waals surface area contributed by atoms with E-state index in [1.54, 1.807) is 18.2 Å². The summed E-state index contributed by atoms with van der Waals surface area (Å²) in [6.45, 7) is 0. The van der Waals surface area contributed by atoms with Gasteiger partial charge in [-0.05, 0) is 23.3 Å². The van der Waals surface area contributed by atoms with Crippen LogP contribution < -0.4 is 0 Å². The molecule has 0 heterocycles. The van der Waals surface area contributed by atoms with Gasteiger partial charge in [0.05, 0.1) is 0 Å². The average molecular weight is 324 g/mol. The number of Topliss-reactive ketones (excluding diaryl/α,β-unsaturated/α-hetero) is 4. The number of ketones is 4. The molecule has 0 bridgehead atoms. The molecular formula is C18H12O6. The standard InChI is InChI=1S/C18H12O6/c19-11-7-6-10(8-12(11)20)14-17(23)15(21)13(16(22)18(14)24)9-4-2-1-3-5-9/h1-8,13-14,19-20H. The number of hydrogen-bond donors (Lipinski definition) is 2. The Morgan fingerprint density at radius 3 is 1.58 bits per heavy atom. The van der Waals surface area contributed by atoms with Crippen LogP contribution >= 0.6 is 0 Å². The average Bonchev–Trinajstić information content (AvgIpc) is 2.58. The second kappa shape index (κ2) is 5.73. The zero-order valence-electron chi connectivity index (χ0n) is 12.3. The highest BCUT2D eigenvalue weighted by Crippen LogP contribution is 2.35. The van der Waals surface area contributed by atoms with Crippen LogP contribution in [0, 0.1) is 0 Å². The topological polar surface area (TPSA) is 109 Å². The van der Waals surface area contributed by atoms with E-state index in [1.165, 1.54) is 18.2 Å². The molecule has 2 N–H and O–H groups in total. The molecule has 0 atom stereocenters. The molecule has 6 nitrogen and oxygen atoms in total. The van der Waals surface area contributed by atoms with Crippen molar-refractivity contribution in [1.82, 2.24) is 0 Å². The molecule has 0 spiro atoms. The van der Waals surface area contributed by atoms with Crippen molar-refractivity contribution >= 4 is 23.1 Å². The minimum atomic E-state index is -1.59. The van der Waals surface area contributed by atoms with Gasteiger partial charge in [-0.2, -0.15) is 0 Å². The van der Waals surface area contributed by atoms with Gasteiger partial charge in [-0.15, -0.1) is 0 Å². The predicted molar refractivity (Wildman–Crippen MR) is 81.7 cm³/mol. The Morgan fingerprint density at radius 2 is 1.08 bits per heavy atom. The summed E-state index contributed by atoms with van der Waals surface area (Å²) in [5, 5.41) is 18.8. The number of benzene rings is 2. The molecule has 0 radical (unpaired) electrons. The summed E-state index contributed by atoms with van der Waals surface area (Å²) in [5.41, 5.74) is 0.287. The van der Waals surface area contributed by atoms with E-state index >= 15 is 0 Å². The number of phenols is 2. The van der Waals surface area contributed by atoms with E-state index in [0.29, 0.717) is 5.56 Å². The molecule has 0 saturated heterocycles. The van der Waals surface area contributed by atoms with E-state index in [-0.39, 0.29) is 5.56 Å². The lowest BCUT2D eigenvalue weighted by Gasteiger charge is -2.24. The number of carbonyl (C=O) groups excluding carboxylic acids is 4. The van der Waals surface area contributed by atoms with Gasteiger partial charge in [0.25, 0.3) is 0 Å². The lowest BCUT2D eigenvalue weighted by molar-refractivity contribution is -0.151. The van der Waals surface area contributed by atoms with Gasteiger partial charge in [0.1, 0.15) is 11.8 Å². The molecule has 1 aliphatic rings. The molecule has 1 aliphatic carbocycles. The summed E-state index contributed by atoms with van der Waals surface area (Å²) in [6, 6.07) is 11.2. The predicted octanol–water partition coefficient (Wildman–Crippen LogP) is 1.26. The van der Waals surface area contributed by atoms with Crippen LogP contribution in [-0.4, -0.2) is 33.3 Å². The second-order valence-electron chi connectivity index (χ2n) is 5.48. The highest BCUT2D eigenvalue weighted by Gasteiger charge is 2.49.